The number of pyridine rings is 1. The van der Waals surface area contributed by atoms with Crippen molar-refractivity contribution in [3.63, 3.8) is 0 Å². The normalized spacial score (nSPS) is 12.0. The van der Waals surface area contributed by atoms with E-state index < -0.39 is 0 Å². The topological polar surface area (TPSA) is 51.5 Å². The number of hydrogen-bond acceptors (Lipinski definition) is 4. The molecule has 0 spiro atoms. The zero-order valence-electron chi connectivity index (χ0n) is 12.5. The highest BCUT2D eigenvalue weighted by Gasteiger charge is 2.23. The van der Waals surface area contributed by atoms with Gasteiger partial charge in [-0.25, -0.2) is 4.99 Å². The van der Waals surface area contributed by atoms with Gasteiger partial charge in [0, 0.05) is 12.4 Å². The Morgan fingerprint density at radius 1 is 1.05 bits per heavy atom. The summed E-state index contributed by atoms with van der Waals surface area (Å²) in [7, 11) is 0. The lowest BCUT2D eigenvalue weighted by Crippen LogP contribution is -2.36. The molecular weight excluding hydrogens is 276 g/mol. The fraction of sp³-hybridized carbons (Fsp3) is 0.167. The van der Waals surface area contributed by atoms with Crippen LogP contribution in [-0.2, 0) is 0 Å². The van der Waals surface area contributed by atoms with Crippen LogP contribution in [-0.4, -0.2) is 11.1 Å². The van der Waals surface area contributed by atoms with Crippen LogP contribution in [0.3, 0.4) is 0 Å². The number of nitrogens with zero attached hydrogens (tertiary/aromatic N) is 2. The number of rotatable bonds is 4. The number of hydrogen-bond donors (Lipinski definition) is 0. The average molecular weight is 292 g/mol. The van der Waals surface area contributed by atoms with Crippen molar-refractivity contribution in [2.24, 2.45) is 4.99 Å². The Kier molecular flexibility index (Phi) is 3.83. The lowest BCUT2D eigenvalue weighted by Gasteiger charge is -2.17. The minimum atomic E-state index is -0.0846. The fourth-order valence-electron chi connectivity index (χ4n) is 2.25. The highest BCUT2D eigenvalue weighted by atomic mass is 16.5. The van der Waals surface area contributed by atoms with Gasteiger partial charge in [-0.2, -0.15) is 0 Å². The van der Waals surface area contributed by atoms with Crippen LogP contribution in [0.1, 0.15) is 13.8 Å². The van der Waals surface area contributed by atoms with Crippen LogP contribution in [0, 0.1) is 0 Å². The van der Waals surface area contributed by atoms with Crippen LogP contribution in [0.5, 0.6) is 5.75 Å². The highest BCUT2D eigenvalue weighted by molar-refractivity contribution is 5.74. The second-order valence-electron chi connectivity index (χ2n) is 5.23. The summed E-state index contributed by atoms with van der Waals surface area (Å²) in [6.07, 6.45) is 3.27. The van der Waals surface area contributed by atoms with E-state index >= 15 is 0 Å². The molecule has 3 rings (SSSR count). The molecule has 0 fully saturated rings. The molecule has 0 saturated carbocycles. The summed E-state index contributed by atoms with van der Waals surface area (Å²) in [6.45, 7) is 3.87. The van der Waals surface area contributed by atoms with Crippen LogP contribution in [0.2, 0.25) is 0 Å². The molecule has 4 nitrogen and oxygen atoms in total. The molecule has 22 heavy (non-hydrogen) atoms. The molecule has 0 aliphatic heterocycles. The molecular formula is C18H16N2O2. The number of aromatic nitrogens is 1. The summed E-state index contributed by atoms with van der Waals surface area (Å²) in [5.74, 6) is 0.572. The quantitative estimate of drug-likeness (QED) is 0.742. The average Bonchev–Trinajstić information content (AvgIpc) is 2.54. The van der Waals surface area contributed by atoms with Gasteiger partial charge in [0.05, 0.1) is 17.4 Å². The Morgan fingerprint density at radius 3 is 2.36 bits per heavy atom. The number of ether oxygens (including phenoxy) is 1. The molecule has 0 bridgehead atoms. The standard InChI is InChI=1S/C18H16N2O2/c1-12(2)22-18-15(13-6-4-3-5-7-13)17(21)16(18)20-14-8-10-19-11-9-14/h3-12H,1-2H3. The summed E-state index contributed by atoms with van der Waals surface area (Å²) in [4.78, 5) is 20.8. The van der Waals surface area contributed by atoms with Gasteiger partial charge in [-0.1, -0.05) is 30.3 Å². The summed E-state index contributed by atoms with van der Waals surface area (Å²) < 4.78 is 5.82. The van der Waals surface area contributed by atoms with Crippen molar-refractivity contribution in [1.29, 1.82) is 0 Å². The second kappa shape index (κ2) is 5.93. The minimum absolute atomic E-state index is 0.0237. The van der Waals surface area contributed by atoms with E-state index in [4.69, 9.17) is 4.74 Å². The van der Waals surface area contributed by atoms with Crippen molar-refractivity contribution in [2.75, 3.05) is 0 Å². The smallest absolute Gasteiger partial charge is 0.219 e. The third-order valence-electron chi connectivity index (χ3n) is 3.20. The van der Waals surface area contributed by atoms with Gasteiger partial charge in [-0.05, 0) is 31.5 Å². The van der Waals surface area contributed by atoms with Gasteiger partial charge < -0.3 is 4.74 Å². The van der Waals surface area contributed by atoms with Gasteiger partial charge in [0.25, 0.3) is 0 Å². The first-order valence-electron chi connectivity index (χ1n) is 7.17. The lowest BCUT2D eigenvalue weighted by molar-refractivity contribution is 0.237. The monoisotopic (exact) mass is 292 g/mol. The molecule has 0 saturated heterocycles. The second-order valence-corrected chi connectivity index (χ2v) is 5.23. The Balaban J connectivity index is 2.13. The predicted molar refractivity (Wildman–Crippen MR) is 85.7 cm³/mol. The van der Waals surface area contributed by atoms with Crippen molar-refractivity contribution < 1.29 is 4.74 Å². The molecule has 0 aliphatic rings. The van der Waals surface area contributed by atoms with E-state index in [1.54, 1.807) is 24.5 Å². The molecule has 0 amide bonds. The van der Waals surface area contributed by atoms with Crippen molar-refractivity contribution >= 4 is 5.69 Å². The summed E-state index contributed by atoms with van der Waals surface area (Å²) in [5, 5.41) is 0.374. The highest BCUT2D eigenvalue weighted by Crippen LogP contribution is 2.26. The Bertz CT molecular complexity index is 846. The van der Waals surface area contributed by atoms with Crippen molar-refractivity contribution in [3.8, 4) is 16.9 Å². The Morgan fingerprint density at radius 2 is 1.73 bits per heavy atom. The minimum Gasteiger partial charge on any atom is -0.488 e. The van der Waals surface area contributed by atoms with E-state index in [-0.39, 0.29) is 11.5 Å². The third-order valence-corrected chi connectivity index (χ3v) is 3.20. The van der Waals surface area contributed by atoms with Gasteiger partial charge in [0.15, 0.2) is 11.1 Å². The van der Waals surface area contributed by atoms with Crippen LogP contribution in [0.25, 0.3) is 11.1 Å². The van der Waals surface area contributed by atoms with Gasteiger partial charge >= 0.3 is 0 Å². The van der Waals surface area contributed by atoms with E-state index in [9.17, 15) is 4.79 Å². The molecule has 0 atom stereocenters. The van der Waals surface area contributed by atoms with Crippen LogP contribution >= 0.6 is 0 Å². The molecule has 0 aliphatic carbocycles. The fourth-order valence-corrected chi connectivity index (χ4v) is 2.25. The first-order chi connectivity index (χ1) is 10.7. The number of benzene rings is 1. The van der Waals surface area contributed by atoms with Crippen LogP contribution in [0.4, 0.5) is 5.69 Å². The maximum absolute atomic E-state index is 12.5. The Labute approximate surface area is 128 Å². The molecule has 1 aromatic heterocycles. The molecule has 0 unspecified atom stereocenters. The predicted octanol–water partition coefficient (Wildman–Crippen LogP) is 3.00. The summed E-state index contributed by atoms with van der Waals surface area (Å²) >= 11 is 0. The van der Waals surface area contributed by atoms with E-state index in [0.717, 1.165) is 5.56 Å². The molecule has 0 radical (unpaired) electrons. The van der Waals surface area contributed by atoms with Gasteiger partial charge in [-0.15, -0.1) is 0 Å². The third kappa shape index (κ3) is 2.68. The SMILES string of the molecule is CC(C)Oc1c(-c2ccccc2)c(=O)c1=Nc1ccncc1. The van der Waals surface area contributed by atoms with E-state index in [1.807, 2.05) is 44.2 Å². The summed E-state index contributed by atoms with van der Waals surface area (Å²) in [5.41, 5.74) is 2.06. The molecule has 110 valence electrons. The van der Waals surface area contributed by atoms with E-state index in [1.165, 1.54) is 0 Å². The zero-order valence-corrected chi connectivity index (χ0v) is 12.5. The Hall–Kier alpha value is -2.75. The van der Waals surface area contributed by atoms with Crippen molar-refractivity contribution in [2.45, 2.75) is 20.0 Å². The van der Waals surface area contributed by atoms with Crippen LogP contribution in [0.15, 0.2) is 64.6 Å². The van der Waals surface area contributed by atoms with Crippen molar-refractivity contribution in [1.82, 2.24) is 4.98 Å². The maximum Gasteiger partial charge on any atom is 0.219 e. The van der Waals surface area contributed by atoms with E-state index in [0.29, 0.717) is 22.4 Å². The molecule has 3 aromatic rings. The molecule has 4 heteroatoms. The van der Waals surface area contributed by atoms with Gasteiger partial charge in [0.1, 0.15) is 0 Å². The van der Waals surface area contributed by atoms with Crippen molar-refractivity contribution in [3.05, 3.63) is 70.4 Å². The largest absolute Gasteiger partial charge is 0.488 e. The first-order valence-corrected chi connectivity index (χ1v) is 7.17. The van der Waals surface area contributed by atoms with Gasteiger partial charge in [0.2, 0.25) is 5.43 Å². The lowest BCUT2D eigenvalue weighted by atomic mass is 9.99. The maximum atomic E-state index is 12.5. The molecule has 2 aromatic carbocycles. The first kappa shape index (κ1) is 14.2. The summed E-state index contributed by atoms with van der Waals surface area (Å²) in [6, 6.07) is 13.0. The van der Waals surface area contributed by atoms with Gasteiger partial charge in [-0.3, -0.25) is 9.78 Å². The molecule has 1 heterocycles. The van der Waals surface area contributed by atoms with E-state index in [2.05, 4.69) is 9.98 Å². The van der Waals surface area contributed by atoms with Crippen LogP contribution < -0.4 is 15.5 Å². The molecule has 0 N–H and O–H groups in total. The zero-order chi connectivity index (χ0) is 15.5.